The third kappa shape index (κ3) is 2.67. The molecule has 1 heterocycles. The molecule has 1 aromatic heterocycles. The van der Waals surface area contributed by atoms with Crippen molar-refractivity contribution in [2.45, 2.75) is 6.92 Å². The predicted molar refractivity (Wildman–Crippen MR) is 79.2 cm³/mol. The number of aromatic hydroxyl groups is 1. The molecule has 0 amide bonds. The third-order valence-electron chi connectivity index (χ3n) is 3.04. The Kier molecular flexibility index (Phi) is 3.47. The van der Waals surface area contributed by atoms with Crippen LogP contribution in [0.1, 0.15) is 5.56 Å². The molecular formula is C15H10BrFN2O2. The van der Waals surface area contributed by atoms with Gasteiger partial charge in [-0.15, -0.1) is 0 Å². The molecule has 2 aromatic carbocycles. The number of rotatable bonds is 2. The molecule has 0 aliphatic heterocycles. The molecule has 0 bridgehead atoms. The van der Waals surface area contributed by atoms with E-state index in [0.29, 0.717) is 27.0 Å². The highest BCUT2D eigenvalue weighted by atomic mass is 79.9. The molecule has 0 aliphatic rings. The smallest absolute Gasteiger partial charge is 0.258 e. The molecule has 0 radical (unpaired) electrons. The van der Waals surface area contributed by atoms with E-state index in [0.717, 1.165) is 0 Å². The summed E-state index contributed by atoms with van der Waals surface area (Å²) in [6.45, 7) is 1.67. The van der Waals surface area contributed by atoms with Gasteiger partial charge in [-0.3, -0.25) is 0 Å². The summed E-state index contributed by atoms with van der Waals surface area (Å²) in [5.74, 6) is 0.468. The standard InChI is InChI=1S/C15H10BrFN2O2/c1-8-6-9(3-5-12(8)17)14-18-15(21-19-14)10-2-4-11(16)13(20)7-10/h2-7,20H,1H3. The van der Waals surface area contributed by atoms with Crippen LogP contribution in [-0.2, 0) is 0 Å². The molecule has 0 atom stereocenters. The van der Waals surface area contributed by atoms with Crippen molar-refractivity contribution in [1.82, 2.24) is 10.1 Å². The predicted octanol–water partition coefficient (Wildman–Crippen LogP) is 4.32. The molecule has 0 saturated carbocycles. The van der Waals surface area contributed by atoms with E-state index in [4.69, 9.17) is 4.52 Å². The van der Waals surface area contributed by atoms with Gasteiger partial charge >= 0.3 is 0 Å². The lowest BCUT2D eigenvalue weighted by Crippen LogP contribution is -1.86. The van der Waals surface area contributed by atoms with Gasteiger partial charge in [0.15, 0.2) is 0 Å². The first-order valence-corrected chi connectivity index (χ1v) is 6.93. The Morgan fingerprint density at radius 2 is 1.90 bits per heavy atom. The monoisotopic (exact) mass is 348 g/mol. The van der Waals surface area contributed by atoms with Crippen molar-refractivity contribution in [3.63, 3.8) is 0 Å². The second-order valence-electron chi connectivity index (χ2n) is 4.55. The summed E-state index contributed by atoms with van der Waals surface area (Å²) in [6, 6.07) is 9.58. The Labute approximate surface area is 128 Å². The Hall–Kier alpha value is -2.21. The average molecular weight is 349 g/mol. The van der Waals surface area contributed by atoms with Crippen LogP contribution < -0.4 is 0 Å². The van der Waals surface area contributed by atoms with Gasteiger partial charge in [0, 0.05) is 11.1 Å². The van der Waals surface area contributed by atoms with Gasteiger partial charge in [0.1, 0.15) is 11.6 Å². The van der Waals surface area contributed by atoms with Crippen molar-refractivity contribution >= 4 is 15.9 Å². The second kappa shape index (κ2) is 5.29. The molecule has 21 heavy (non-hydrogen) atoms. The topological polar surface area (TPSA) is 59.2 Å². The van der Waals surface area contributed by atoms with Crippen molar-refractivity contribution < 1.29 is 14.0 Å². The normalized spacial score (nSPS) is 10.8. The van der Waals surface area contributed by atoms with Gasteiger partial charge < -0.3 is 9.63 Å². The first-order chi connectivity index (χ1) is 10.0. The van der Waals surface area contributed by atoms with E-state index in [1.54, 1.807) is 31.2 Å². The molecule has 0 spiro atoms. The summed E-state index contributed by atoms with van der Waals surface area (Å²) in [4.78, 5) is 4.27. The van der Waals surface area contributed by atoms with Crippen LogP contribution in [0.4, 0.5) is 4.39 Å². The van der Waals surface area contributed by atoms with E-state index >= 15 is 0 Å². The van der Waals surface area contributed by atoms with Crippen LogP contribution in [0.25, 0.3) is 22.8 Å². The summed E-state index contributed by atoms with van der Waals surface area (Å²) in [5.41, 5.74) is 1.79. The lowest BCUT2D eigenvalue weighted by molar-refractivity contribution is 0.431. The maximum absolute atomic E-state index is 13.3. The number of benzene rings is 2. The molecular weight excluding hydrogens is 339 g/mol. The molecule has 0 unspecified atom stereocenters. The fourth-order valence-corrected chi connectivity index (χ4v) is 2.13. The molecule has 0 saturated heterocycles. The summed E-state index contributed by atoms with van der Waals surface area (Å²) >= 11 is 3.21. The van der Waals surface area contributed by atoms with Crippen molar-refractivity contribution in [2.75, 3.05) is 0 Å². The zero-order chi connectivity index (χ0) is 15.0. The minimum Gasteiger partial charge on any atom is -0.507 e. The first-order valence-electron chi connectivity index (χ1n) is 6.14. The summed E-state index contributed by atoms with van der Waals surface area (Å²) in [6.07, 6.45) is 0. The number of halogens is 2. The lowest BCUT2D eigenvalue weighted by Gasteiger charge is -1.99. The van der Waals surface area contributed by atoms with Gasteiger partial charge in [-0.2, -0.15) is 4.98 Å². The molecule has 1 N–H and O–H groups in total. The van der Waals surface area contributed by atoms with E-state index in [1.807, 2.05) is 0 Å². The van der Waals surface area contributed by atoms with Crippen LogP contribution in [-0.4, -0.2) is 15.2 Å². The van der Waals surface area contributed by atoms with Crippen molar-refractivity contribution in [3.8, 4) is 28.6 Å². The van der Waals surface area contributed by atoms with Gasteiger partial charge in [-0.05, 0) is 64.8 Å². The zero-order valence-electron chi connectivity index (χ0n) is 11.0. The van der Waals surface area contributed by atoms with Crippen LogP contribution in [0, 0.1) is 12.7 Å². The number of phenols is 1. The number of phenolic OH excluding ortho intramolecular Hbond substituents is 1. The minimum absolute atomic E-state index is 0.0878. The number of hydrogen-bond donors (Lipinski definition) is 1. The van der Waals surface area contributed by atoms with Gasteiger partial charge in [0.2, 0.25) is 5.82 Å². The zero-order valence-corrected chi connectivity index (χ0v) is 12.6. The number of nitrogens with zero attached hydrogens (tertiary/aromatic N) is 2. The van der Waals surface area contributed by atoms with Crippen LogP contribution >= 0.6 is 15.9 Å². The Morgan fingerprint density at radius 1 is 1.14 bits per heavy atom. The highest BCUT2D eigenvalue weighted by Gasteiger charge is 2.12. The molecule has 0 aliphatic carbocycles. The summed E-state index contributed by atoms with van der Waals surface area (Å²) in [5, 5.41) is 13.6. The first kappa shape index (κ1) is 13.8. The van der Waals surface area contributed by atoms with E-state index in [-0.39, 0.29) is 17.5 Å². The highest BCUT2D eigenvalue weighted by Crippen LogP contribution is 2.30. The molecule has 0 fully saturated rings. The van der Waals surface area contributed by atoms with Crippen molar-refractivity contribution in [3.05, 3.63) is 52.3 Å². The van der Waals surface area contributed by atoms with Crippen molar-refractivity contribution in [1.29, 1.82) is 0 Å². The highest BCUT2D eigenvalue weighted by molar-refractivity contribution is 9.10. The summed E-state index contributed by atoms with van der Waals surface area (Å²) in [7, 11) is 0. The molecule has 106 valence electrons. The molecule has 6 heteroatoms. The largest absolute Gasteiger partial charge is 0.507 e. The average Bonchev–Trinajstić information content (AvgIpc) is 2.94. The molecule has 3 rings (SSSR count). The Balaban J connectivity index is 1.99. The number of aryl methyl sites for hydroxylation is 1. The third-order valence-corrected chi connectivity index (χ3v) is 3.71. The van der Waals surface area contributed by atoms with E-state index in [1.165, 1.54) is 12.1 Å². The van der Waals surface area contributed by atoms with E-state index < -0.39 is 0 Å². The van der Waals surface area contributed by atoms with Gasteiger partial charge in [0.05, 0.1) is 4.47 Å². The van der Waals surface area contributed by atoms with Gasteiger partial charge in [-0.25, -0.2) is 4.39 Å². The van der Waals surface area contributed by atoms with Crippen LogP contribution in [0.15, 0.2) is 45.4 Å². The maximum atomic E-state index is 13.3. The lowest BCUT2D eigenvalue weighted by atomic mass is 10.1. The van der Waals surface area contributed by atoms with E-state index in [9.17, 15) is 9.50 Å². The van der Waals surface area contributed by atoms with Crippen LogP contribution in [0.5, 0.6) is 5.75 Å². The van der Waals surface area contributed by atoms with E-state index in [2.05, 4.69) is 26.1 Å². The SMILES string of the molecule is Cc1cc(-c2noc(-c3ccc(Br)c(O)c3)n2)ccc1F. The molecule has 3 aromatic rings. The second-order valence-corrected chi connectivity index (χ2v) is 5.41. The minimum atomic E-state index is -0.277. The van der Waals surface area contributed by atoms with Crippen LogP contribution in [0.3, 0.4) is 0 Å². The summed E-state index contributed by atoms with van der Waals surface area (Å²) < 4.78 is 19.0. The Morgan fingerprint density at radius 3 is 2.62 bits per heavy atom. The van der Waals surface area contributed by atoms with Crippen LogP contribution in [0.2, 0.25) is 0 Å². The van der Waals surface area contributed by atoms with Gasteiger partial charge in [0.25, 0.3) is 5.89 Å². The quantitative estimate of drug-likeness (QED) is 0.749. The number of aromatic nitrogens is 2. The molecule has 4 nitrogen and oxygen atoms in total. The fourth-order valence-electron chi connectivity index (χ4n) is 1.89. The number of hydrogen-bond acceptors (Lipinski definition) is 4. The van der Waals surface area contributed by atoms with Crippen molar-refractivity contribution in [2.24, 2.45) is 0 Å². The van der Waals surface area contributed by atoms with Gasteiger partial charge in [-0.1, -0.05) is 5.16 Å². The fraction of sp³-hybridized carbons (Fsp3) is 0.0667. The maximum Gasteiger partial charge on any atom is 0.258 e. The Bertz CT molecular complexity index is 751.